The number of esters is 1. The third-order valence-electron chi connectivity index (χ3n) is 6.89. The van der Waals surface area contributed by atoms with Gasteiger partial charge in [-0.2, -0.15) is 4.31 Å². The number of para-hydroxylation sites is 1. The summed E-state index contributed by atoms with van der Waals surface area (Å²) in [5.74, 6) is -2.05. The molecule has 0 unspecified atom stereocenters. The summed E-state index contributed by atoms with van der Waals surface area (Å²) in [4.78, 5) is 25.1. The number of carbonyl (C=O) groups is 2. The maximum absolute atomic E-state index is 15.0. The molecule has 4 aromatic rings. The highest BCUT2D eigenvalue weighted by Crippen LogP contribution is 2.26. The Morgan fingerprint density at radius 3 is 2.14 bits per heavy atom. The molecule has 0 spiro atoms. The first-order valence-corrected chi connectivity index (χ1v) is 16.0. The van der Waals surface area contributed by atoms with E-state index in [4.69, 9.17) is 4.74 Å². The molecule has 10 heteroatoms. The number of nitrogens with one attached hydrogen (secondary N) is 1. The average Bonchev–Trinajstić information content (AvgIpc) is 2.99. The van der Waals surface area contributed by atoms with E-state index in [0.29, 0.717) is 23.2 Å². The number of nitrogens with zero attached hydrogens (tertiary/aromatic N) is 1. The fraction of sp³-hybridized carbons (Fsp3) is 0.212. The maximum Gasteiger partial charge on any atom is 0.338 e. The standard InChI is InChI=1S/C33H32BrFN2O5S/c1-4-25-8-6-7-22(3)31(25)36-32(38)29-19-28(17-18-30(29)35)43(40,41)37(21-24-11-15-27(34)16-12-24)20-23-9-13-26(14-10-23)33(39)42-5-2/h6-19H,4-5,20-21H2,1-3H3,(H,36,38). The topological polar surface area (TPSA) is 92.8 Å². The van der Waals surface area contributed by atoms with Crippen LogP contribution in [0.1, 0.15) is 56.8 Å². The van der Waals surface area contributed by atoms with Crippen molar-refractivity contribution in [3.05, 3.63) is 129 Å². The molecule has 0 heterocycles. The van der Waals surface area contributed by atoms with Crippen LogP contribution in [0.25, 0.3) is 0 Å². The van der Waals surface area contributed by atoms with E-state index in [1.54, 1.807) is 43.3 Å². The molecule has 1 amide bonds. The van der Waals surface area contributed by atoms with Crippen LogP contribution >= 0.6 is 15.9 Å². The van der Waals surface area contributed by atoms with Crippen LogP contribution in [0.15, 0.2) is 94.3 Å². The van der Waals surface area contributed by atoms with E-state index < -0.39 is 27.7 Å². The molecule has 7 nitrogen and oxygen atoms in total. The Labute approximate surface area is 259 Å². The number of rotatable bonds is 11. The normalized spacial score (nSPS) is 11.4. The van der Waals surface area contributed by atoms with Gasteiger partial charge >= 0.3 is 5.97 Å². The Balaban J connectivity index is 1.68. The molecule has 0 atom stereocenters. The summed E-state index contributed by atoms with van der Waals surface area (Å²) in [5, 5.41) is 2.77. The minimum absolute atomic E-state index is 0.0111. The molecule has 0 aliphatic carbocycles. The summed E-state index contributed by atoms with van der Waals surface area (Å²) in [6, 6.07) is 22.5. The molecular formula is C33H32BrFN2O5S. The Bertz CT molecular complexity index is 1730. The molecular weight excluding hydrogens is 635 g/mol. The number of halogens is 2. The van der Waals surface area contributed by atoms with Crippen molar-refractivity contribution in [2.75, 3.05) is 11.9 Å². The SMILES string of the molecule is CCOC(=O)c1ccc(CN(Cc2ccc(Br)cc2)S(=O)(=O)c2ccc(F)c(C(=O)Nc3c(C)cccc3CC)c2)cc1. The van der Waals surface area contributed by atoms with Crippen LogP contribution < -0.4 is 5.32 Å². The number of hydrogen-bond acceptors (Lipinski definition) is 5. The minimum Gasteiger partial charge on any atom is -0.462 e. The van der Waals surface area contributed by atoms with E-state index >= 15 is 0 Å². The van der Waals surface area contributed by atoms with E-state index in [-0.39, 0.29) is 30.2 Å². The molecule has 0 aromatic heterocycles. The molecule has 1 N–H and O–H groups in total. The number of amides is 1. The number of ether oxygens (including phenoxy) is 1. The molecule has 0 aliphatic rings. The van der Waals surface area contributed by atoms with Crippen molar-refractivity contribution in [2.45, 2.75) is 45.2 Å². The van der Waals surface area contributed by atoms with Crippen molar-refractivity contribution >= 4 is 43.5 Å². The smallest absolute Gasteiger partial charge is 0.338 e. The van der Waals surface area contributed by atoms with Crippen molar-refractivity contribution in [2.24, 2.45) is 0 Å². The second-order valence-corrected chi connectivity index (χ2v) is 12.7. The van der Waals surface area contributed by atoms with Crippen LogP contribution in [0.5, 0.6) is 0 Å². The molecule has 0 radical (unpaired) electrons. The molecule has 0 bridgehead atoms. The fourth-order valence-corrected chi connectivity index (χ4v) is 6.26. The number of aryl methyl sites for hydroxylation is 2. The fourth-order valence-electron chi connectivity index (χ4n) is 4.55. The maximum atomic E-state index is 15.0. The van der Waals surface area contributed by atoms with E-state index in [1.165, 1.54) is 4.31 Å². The van der Waals surface area contributed by atoms with Crippen LogP contribution in [0.4, 0.5) is 10.1 Å². The number of hydrogen-bond donors (Lipinski definition) is 1. The number of anilines is 1. The molecule has 43 heavy (non-hydrogen) atoms. The molecule has 0 saturated heterocycles. The zero-order chi connectivity index (χ0) is 31.1. The predicted octanol–water partition coefficient (Wildman–Crippen LogP) is 7.28. The lowest BCUT2D eigenvalue weighted by atomic mass is 10.1. The van der Waals surface area contributed by atoms with Gasteiger partial charge in [0.1, 0.15) is 5.82 Å². The Kier molecular flexibility index (Phi) is 10.5. The lowest BCUT2D eigenvalue weighted by Crippen LogP contribution is -2.30. The van der Waals surface area contributed by atoms with Crippen LogP contribution in [-0.4, -0.2) is 31.2 Å². The molecule has 0 aliphatic heterocycles. The first-order valence-electron chi connectivity index (χ1n) is 13.7. The van der Waals surface area contributed by atoms with Crippen molar-refractivity contribution < 1.29 is 27.1 Å². The zero-order valence-corrected chi connectivity index (χ0v) is 26.5. The van der Waals surface area contributed by atoms with E-state index in [2.05, 4.69) is 21.2 Å². The zero-order valence-electron chi connectivity index (χ0n) is 24.1. The Hall–Kier alpha value is -3.86. The summed E-state index contributed by atoms with van der Waals surface area (Å²) >= 11 is 3.39. The highest BCUT2D eigenvalue weighted by atomic mass is 79.9. The Morgan fingerprint density at radius 1 is 0.907 bits per heavy atom. The van der Waals surface area contributed by atoms with Gasteiger partial charge in [-0.1, -0.05) is 65.3 Å². The first kappa shape index (κ1) is 32.1. The second kappa shape index (κ2) is 14.1. The van der Waals surface area contributed by atoms with Gasteiger partial charge in [0, 0.05) is 23.2 Å². The minimum atomic E-state index is -4.23. The van der Waals surface area contributed by atoms with Crippen LogP contribution in [0.2, 0.25) is 0 Å². The molecule has 0 saturated carbocycles. The number of benzene rings is 4. The van der Waals surface area contributed by atoms with Crippen molar-refractivity contribution in [3.8, 4) is 0 Å². The van der Waals surface area contributed by atoms with E-state index in [1.807, 2.05) is 44.2 Å². The van der Waals surface area contributed by atoms with Gasteiger partial charge in [0.2, 0.25) is 10.0 Å². The lowest BCUT2D eigenvalue weighted by molar-refractivity contribution is 0.0526. The summed E-state index contributed by atoms with van der Waals surface area (Å²) in [6.07, 6.45) is 0.653. The molecule has 224 valence electrons. The van der Waals surface area contributed by atoms with Gasteiger partial charge in [-0.15, -0.1) is 0 Å². The largest absolute Gasteiger partial charge is 0.462 e. The van der Waals surface area contributed by atoms with Gasteiger partial charge in [-0.05, 0) is 85.0 Å². The quantitative estimate of drug-likeness (QED) is 0.170. The predicted molar refractivity (Wildman–Crippen MR) is 168 cm³/mol. The third kappa shape index (κ3) is 7.76. The average molecular weight is 668 g/mol. The van der Waals surface area contributed by atoms with Crippen LogP contribution in [0.3, 0.4) is 0 Å². The molecule has 4 aromatic carbocycles. The summed E-state index contributed by atoms with van der Waals surface area (Å²) in [5.41, 5.74) is 3.59. The lowest BCUT2D eigenvalue weighted by Gasteiger charge is -2.23. The van der Waals surface area contributed by atoms with Crippen molar-refractivity contribution in [1.82, 2.24) is 4.31 Å². The highest BCUT2D eigenvalue weighted by Gasteiger charge is 2.27. The molecule has 0 fully saturated rings. The van der Waals surface area contributed by atoms with E-state index in [9.17, 15) is 22.4 Å². The van der Waals surface area contributed by atoms with Crippen LogP contribution in [-0.2, 0) is 34.3 Å². The van der Waals surface area contributed by atoms with Crippen molar-refractivity contribution in [1.29, 1.82) is 0 Å². The van der Waals surface area contributed by atoms with Gasteiger partial charge in [-0.25, -0.2) is 17.6 Å². The number of carbonyl (C=O) groups excluding carboxylic acids is 2. The third-order valence-corrected chi connectivity index (χ3v) is 9.21. The number of sulfonamides is 1. The molecule has 4 rings (SSSR count). The van der Waals surface area contributed by atoms with Crippen molar-refractivity contribution in [3.63, 3.8) is 0 Å². The monoisotopic (exact) mass is 666 g/mol. The first-order chi connectivity index (χ1) is 20.5. The highest BCUT2D eigenvalue weighted by molar-refractivity contribution is 9.10. The van der Waals surface area contributed by atoms with E-state index in [0.717, 1.165) is 39.4 Å². The van der Waals surface area contributed by atoms with Gasteiger partial charge in [0.05, 0.1) is 22.6 Å². The summed E-state index contributed by atoms with van der Waals surface area (Å²) < 4.78 is 50.2. The summed E-state index contributed by atoms with van der Waals surface area (Å²) in [6.45, 7) is 5.71. The Morgan fingerprint density at radius 2 is 1.53 bits per heavy atom. The second-order valence-electron chi connectivity index (χ2n) is 9.88. The van der Waals surface area contributed by atoms with Gasteiger partial charge in [0.15, 0.2) is 0 Å². The van der Waals surface area contributed by atoms with Gasteiger partial charge in [0.25, 0.3) is 5.91 Å². The van der Waals surface area contributed by atoms with Gasteiger partial charge < -0.3 is 10.1 Å². The van der Waals surface area contributed by atoms with Crippen LogP contribution in [0, 0.1) is 12.7 Å². The summed E-state index contributed by atoms with van der Waals surface area (Å²) in [7, 11) is -4.23. The van der Waals surface area contributed by atoms with Gasteiger partial charge in [-0.3, -0.25) is 4.79 Å².